The molecular formula is C36H36F2N10O6S2. The van der Waals surface area contributed by atoms with Crippen molar-refractivity contribution >= 4 is 34.5 Å². The molecule has 0 bridgehead atoms. The van der Waals surface area contributed by atoms with E-state index in [0.717, 1.165) is 30.7 Å². The molecule has 0 saturated carbocycles. The molecule has 2 atom stereocenters. The molecule has 292 valence electrons. The molecule has 2 saturated heterocycles. The van der Waals surface area contributed by atoms with Gasteiger partial charge in [0.15, 0.2) is 10.0 Å². The number of aromatic nitrogens is 8. The average molecular weight is 807 g/mol. The zero-order chi connectivity index (χ0) is 38.9. The van der Waals surface area contributed by atoms with Crippen LogP contribution in [0.1, 0.15) is 46.4 Å². The molecule has 0 spiro atoms. The van der Waals surface area contributed by atoms with Crippen molar-refractivity contribution in [2.45, 2.75) is 44.5 Å². The second-order valence-corrected chi connectivity index (χ2v) is 14.2. The molecule has 0 unspecified atom stereocenters. The van der Waals surface area contributed by atoms with E-state index in [-0.39, 0.29) is 35.7 Å². The second-order valence-electron chi connectivity index (χ2n) is 12.4. The molecule has 2 aliphatic rings. The molecule has 8 heterocycles. The van der Waals surface area contributed by atoms with Crippen molar-refractivity contribution < 1.29 is 37.3 Å². The molecular weight excluding hydrogens is 771 g/mol. The van der Waals surface area contributed by atoms with Gasteiger partial charge in [0.1, 0.15) is 23.7 Å². The van der Waals surface area contributed by atoms with Crippen molar-refractivity contribution in [1.82, 2.24) is 49.8 Å². The summed E-state index contributed by atoms with van der Waals surface area (Å²) in [4.78, 5) is 40.8. The number of hydrogen-bond donors (Lipinski definition) is 0. The van der Waals surface area contributed by atoms with Crippen LogP contribution in [0.25, 0.3) is 10.0 Å². The van der Waals surface area contributed by atoms with Gasteiger partial charge in [-0.25, -0.2) is 9.97 Å². The summed E-state index contributed by atoms with van der Waals surface area (Å²) in [6, 6.07) is 9.74. The first kappa shape index (κ1) is 38.3. The molecule has 2 amide bonds. The SMILES string of the molecule is COc1ccnc(O[C@@H]2CCCN(C(=O)c3ccsc3-n3nccn3)C2)c1.O=C(c1ccsc1-n1nccn1)N1CCC[C@@H](Oc2cc(OC(F)F)ccn2)C1. The van der Waals surface area contributed by atoms with Gasteiger partial charge in [-0.05, 0) is 60.7 Å². The highest BCUT2D eigenvalue weighted by Gasteiger charge is 2.30. The summed E-state index contributed by atoms with van der Waals surface area (Å²) in [5, 5.41) is 21.5. The Morgan fingerprint density at radius 1 is 0.696 bits per heavy atom. The molecule has 16 nitrogen and oxygen atoms in total. The number of halogens is 2. The number of pyridine rings is 2. The van der Waals surface area contributed by atoms with Crippen molar-refractivity contribution in [1.29, 1.82) is 0 Å². The summed E-state index contributed by atoms with van der Waals surface area (Å²) in [7, 11) is 1.60. The topological polar surface area (TPSA) is 165 Å². The number of rotatable bonds is 11. The Hall–Kier alpha value is -6.02. The molecule has 56 heavy (non-hydrogen) atoms. The lowest BCUT2D eigenvalue weighted by Crippen LogP contribution is -2.44. The van der Waals surface area contributed by atoms with E-state index >= 15 is 0 Å². The van der Waals surface area contributed by atoms with E-state index < -0.39 is 6.61 Å². The summed E-state index contributed by atoms with van der Waals surface area (Å²) in [5.41, 5.74) is 1.13. The minimum atomic E-state index is -2.92. The molecule has 2 aliphatic heterocycles. The van der Waals surface area contributed by atoms with Gasteiger partial charge in [-0.3, -0.25) is 9.59 Å². The van der Waals surface area contributed by atoms with Gasteiger partial charge in [0.25, 0.3) is 11.8 Å². The number of hydrogen-bond acceptors (Lipinski definition) is 14. The molecule has 0 aliphatic carbocycles. The molecule has 6 aromatic rings. The van der Waals surface area contributed by atoms with Gasteiger partial charge < -0.3 is 28.7 Å². The fraction of sp³-hybridized carbons (Fsp3) is 0.333. The highest BCUT2D eigenvalue weighted by atomic mass is 32.1. The summed E-state index contributed by atoms with van der Waals surface area (Å²) in [6.45, 7) is -0.742. The van der Waals surface area contributed by atoms with E-state index in [1.165, 1.54) is 50.6 Å². The third-order valence-corrected chi connectivity index (χ3v) is 10.5. The van der Waals surface area contributed by atoms with Crippen LogP contribution in [0, 0.1) is 0 Å². The first-order chi connectivity index (χ1) is 27.3. The number of nitrogens with zero attached hydrogens (tertiary/aromatic N) is 10. The van der Waals surface area contributed by atoms with Gasteiger partial charge >= 0.3 is 6.61 Å². The van der Waals surface area contributed by atoms with E-state index in [1.807, 2.05) is 21.7 Å². The first-order valence-electron chi connectivity index (χ1n) is 17.6. The van der Waals surface area contributed by atoms with Crippen LogP contribution >= 0.6 is 22.7 Å². The number of ether oxygens (including phenoxy) is 4. The van der Waals surface area contributed by atoms with E-state index in [2.05, 4.69) is 35.1 Å². The van der Waals surface area contributed by atoms with Gasteiger partial charge in [-0.15, -0.1) is 32.3 Å². The summed E-state index contributed by atoms with van der Waals surface area (Å²) in [5.74, 6) is 1.19. The highest BCUT2D eigenvalue weighted by Crippen LogP contribution is 2.27. The summed E-state index contributed by atoms with van der Waals surface area (Å²) < 4.78 is 46.1. The Morgan fingerprint density at radius 3 is 1.62 bits per heavy atom. The van der Waals surface area contributed by atoms with Gasteiger partial charge in [-0.2, -0.15) is 29.2 Å². The minimum absolute atomic E-state index is 0.0246. The van der Waals surface area contributed by atoms with Crippen molar-refractivity contribution in [2.75, 3.05) is 33.3 Å². The van der Waals surface area contributed by atoms with Crippen molar-refractivity contribution in [3.8, 4) is 33.3 Å². The van der Waals surface area contributed by atoms with Crippen LogP contribution in [0.4, 0.5) is 8.78 Å². The number of methoxy groups -OCH3 is 1. The highest BCUT2D eigenvalue weighted by molar-refractivity contribution is 7.13. The number of likely N-dealkylation sites (tertiary alicyclic amines) is 2. The van der Waals surface area contributed by atoms with Crippen LogP contribution in [0.15, 0.2) is 84.3 Å². The fourth-order valence-corrected chi connectivity index (χ4v) is 7.82. The maximum Gasteiger partial charge on any atom is 0.387 e. The zero-order valence-corrected chi connectivity index (χ0v) is 31.6. The van der Waals surface area contributed by atoms with Crippen LogP contribution in [0.3, 0.4) is 0 Å². The first-order valence-corrected chi connectivity index (χ1v) is 19.3. The third kappa shape index (κ3) is 9.43. The molecule has 2 fully saturated rings. The fourth-order valence-electron chi connectivity index (χ4n) is 6.21. The number of piperidine rings is 2. The molecule has 8 rings (SSSR count). The van der Waals surface area contributed by atoms with Crippen LogP contribution < -0.4 is 18.9 Å². The minimum Gasteiger partial charge on any atom is -0.497 e. The lowest BCUT2D eigenvalue weighted by Gasteiger charge is -2.32. The number of alkyl halides is 2. The normalized spacial score (nSPS) is 16.9. The summed E-state index contributed by atoms with van der Waals surface area (Å²) in [6.07, 6.45) is 12.1. The van der Waals surface area contributed by atoms with Crippen LogP contribution in [0.5, 0.6) is 23.3 Å². The lowest BCUT2D eigenvalue weighted by atomic mass is 10.1. The number of carbonyl (C=O) groups is 2. The smallest absolute Gasteiger partial charge is 0.387 e. The zero-order valence-electron chi connectivity index (χ0n) is 30.0. The second kappa shape index (κ2) is 18.1. The number of amides is 2. The van der Waals surface area contributed by atoms with Gasteiger partial charge in [0.05, 0.1) is 56.1 Å². The predicted molar refractivity (Wildman–Crippen MR) is 199 cm³/mol. The van der Waals surface area contributed by atoms with E-state index in [0.29, 0.717) is 53.9 Å². The quantitative estimate of drug-likeness (QED) is 0.164. The van der Waals surface area contributed by atoms with Gasteiger partial charge in [0, 0.05) is 37.6 Å². The van der Waals surface area contributed by atoms with Gasteiger partial charge in [-0.1, -0.05) is 0 Å². The maximum atomic E-state index is 13.0. The van der Waals surface area contributed by atoms with E-state index in [4.69, 9.17) is 14.2 Å². The van der Waals surface area contributed by atoms with Crippen LogP contribution in [-0.2, 0) is 0 Å². The third-order valence-electron chi connectivity index (χ3n) is 8.73. The standard InChI is InChI=1S/C18H17F2N5O3S.C18H19N5O3S/c19-18(20)28-12-3-5-21-15(10-12)27-13-2-1-8-24(11-13)16(26)14-4-9-29-17(14)25-22-6-7-23-25;1-25-13-4-6-19-16(11-13)26-14-3-2-9-22(12-14)17(24)15-5-10-27-18(15)23-20-7-8-21-23/h3-7,9-10,13,18H,1-2,8,11H2;4-8,10-11,14H,2-3,9,12H2,1H3/t13-;14-/m11/s1. The van der Waals surface area contributed by atoms with Crippen LogP contribution in [-0.4, -0.2) is 114 Å². The predicted octanol–water partition coefficient (Wildman–Crippen LogP) is 5.42. The molecule has 0 radical (unpaired) electrons. The van der Waals surface area contributed by atoms with E-state index in [1.54, 1.807) is 61.2 Å². The molecule has 20 heteroatoms. The van der Waals surface area contributed by atoms with Crippen molar-refractivity contribution in [2.24, 2.45) is 0 Å². The van der Waals surface area contributed by atoms with Crippen molar-refractivity contribution in [3.63, 3.8) is 0 Å². The average Bonchev–Trinajstić information content (AvgIpc) is 4.06. The monoisotopic (exact) mass is 806 g/mol. The number of carbonyl (C=O) groups excluding carboxylic acids is 2. The Labute approximate surface area is 327 Å². The Morgan fingerprint density at radius 2 is 1.16 bits per heavy atom. The summed E-state index contributed by atoms with van der Waals surface area (Å²) >= 11 is 2.83. The van der Waals surface area contributed by atoms with Crippen molar-refractivity contribution in [3.05, 3.63) is 95.5 Å². The van der Waals surface area contributed by atoms with Gasteiger partial charge in [0.2, 0.25) is 11.8 Å². The Bertz CT molecular complexity index is 2190. The maximum absolute atomic E-state index is 13.0. The lowest BCUT2D eigenvalue weighted by molar-refractivity contribution is -0.0501. The van der Waals surface area contributed by atoms with Crippen LogP contribution in [0.2, 0.25) is 0 Å². The van der Waals surface area contributed by atoms with E-state index in [9.17, 15) is 18.4 Å². The molecule has 0 aromatic carbocycles. The molecule has 0 N–H and O–H groups in total. The molecule has 6 aromatic heterocycles. The largest absolute Gasteiger partial charge is 0.497 e. The number of thiophene rings is 2. The Balaban J connectivity index is 0.000000172. The Kier molecular flexibility index (Phi) is 12.4.